The van der Waals surface area contributed by atoms with Crippen LogP contribution in [0, 0.1) is 6.92 Å². The summed E-state index contributed by atoms with van der Waals surface area (Å²) in [4.78, 5) is 12.6. The molecule has 0 aliphatic carbocycles. The standard InChI is InChI=1S/C10H13N5/c1-3-9-12-4-5-15(9)10-6-8(11)13-7(2)14-10/h4-6H,3H2,1-2H3,(H2,11,13,14). The Hall–Kier alpha value is -1.91. The summed E-state index contributed by atoms with van der Waals surface area (Å²) in [7, 11) is 0. The molecule has 0 radical (unpaired) electrons. The number of aromatic nitrogens is 4. The van der Waals surface area contributed by atoms with Crippen molar-refractivity contribution in [1.29, 1.82) is 0 Å². The summed E-state index contributed by atoms with van der Waals surface area (Å²) >= 11 is 0. The maximum absolute atomic E-state index is 5.67. The molecule has 2 rings (SSSR count). The number of rotatable bonds is 2. The zero-order valence-electron chi connectivity index (χ0n) is 8.81. The van der Waals surface area contributed by atoms with Gasteiger partial charge in [-0.25, -0.2) is 15.0 Å². The summed E-state index contributed by atoms with van der Waals surface area (Å²) in [5, 5.41) is 0. The first kappa shape index (κ1) is 9.64. The van der Waals surface area contributed by atoms with Crippen LogP contribution in [0.25, 0.3) is 5.82 Å². The number of nitrogen functional groups attached to an aromatic ring is 1. The van der Waals surface area contributed by atoms with Gasteiger partial charge in [-0.2, -0.15) is 0 Å². The van der Waals surface area contributed by atoms with Crippen LogP contribution in [0.15, 0.2) is 18.5 Å². The summed E-state index contributed by atoms with van der Waals surface area (Å²) in [5.74, 6) is 2.89. The van der Waals surface area contributed by atoms with E-state index in [-0.39, 0.29) is 0 Å². The van der Waals surface area contributed by atoms with Crippen molar-refractivity contribution in [1.82, 2.24) is 19.5 Å². The topological polar surface area (TPSA) is 69.6 Å². The third-order valence-corrected chi connectivity index (χ3v) is 2.12. The molecule has 0 saturated carbocycles. The van der Waals surface area contributed by atoms with Gasteiger partial charge in [0.05, 0.1) is 0 Å². The Morgan fingerprint density at radius 2 is 2.20 bits per heavy atom. The van der Waals surface area contributed by atoms with Gasteiger partial charge in [0.1, 0.15) is 23.3 Å². The molecule has 0 saturated heterocycles. The van der Waals surface area contributed by atoms with Crippen LogP contribution in [0.1, 0.15) is 18.6 Å². The van der Waals surface area contributed by atoms with Gasteiger partial charge in [0, 0.05) is 24.9 Å². The van der Waals surface area contributed by atoms with Crippen molar-refractivity contribution < 1.29 is 0 Å². The highest BCUT2D eigenvalue weighted by Crippen LogP contribution is 2.11. The lowest BCUT2D eigenvalue weighted by atomic mass is 10.4. The van der Waals surface area contributed by atoms with E-state index in [1.165, 1.54) is 0 Å². The molecule has 2 aromatic heterocycles. The molecule has 2 N–H and O–H groups in total. The molecule has 2 aromatic rings. The monoisotopic (exact) mass is 203 g/mol. The van der Waals surface area contributed by atoms with E-state index in [1.807, 2.05) is 17.7 Å². The van der Waals surface area contributed by atoms with Crippen molar-refractivity contribution in [2.45, 2.75) is 20.3 Å². The Morgan fingerprint density at radius 1 is 1.40 bits per heavy atom. The zero-order chi connectivity index (χ0) is 10.8. The van der Waals surface area contributed by atoms with E-state index in [0.29, 0.717) is 11.6 Å². The van der Waals surface area contributed by atoms with E-state index in [1.54, 1.807) is 12.3 Å². The van der Waals surface area contributed by atoms with Crippen LogP contribution in [0.5, 0.6) is 0 Å². The van der Waals surface area contributed by atoms with Crippen molar-refractivity contribution >= 4 is 5.82 Å². The second kappa shape index (κ2) is 3.68. The van der Waals surface area contributed by atoms with E-state index < -0.39 is 0 Å². The molecule has 78 valence electrons. The fraction of sp³-hybridized carbons (Fsp3) is 0.300. The number of hydrogen-bond donors (Lipinski definition) is 1. The molecule has 5 nitrogen and oxygen atoms in total. The van der Waals surface area contributed by atoms with Gasteiger partial charge in [0.25, 0.3) is 0 Å². The van der Waals surface area contributed by atoms with Gasteiger partial charge < -0.3 is 5.73 Å². The Labute approximate surface area is 88.0 Å². The van der Waals surface area contributed by atoms with Gasteiger partial charge in [0.2, 0.25) is 0 Å². The predicted octanol–water partition coefficient (Wildman–Crippen LogP) is 1.12. The molecular weight excluding hydrogens is 190 g/mol. The van der Waals surface area contributed by atoms with Gasteiger partial charge >= 0.3 is 0 Å². The first-order valence-electron chi connectivity index (χ1n) is 4.84. The van der Waals surface area contributed by atoms with Crippen molar-refractivity contribution in [3.8, 4) is 5.82 Å². The zero-order valence-corrected chi connectivity index (χ0v) is 8.81. The lowest BCUT2D eigenvalue weighted by molar-refractivity contribution is 0.853. The molecular formula is C10H13N5. The van der Waals surface area contributed by atoms with Gasteiger partial charge in [-0.1, -0.05) is 6.92 Å². The van der Waals surface area contributed by atoms with E-state index in [4.69, 9.17) is 5.73 Å². The van der Waals surface area contributed by atoms with Crippen LogP contribution < -0.4 is 5.73 Å². The second-order valence-corrected chi connectivity index (χ2v) is 3.27. The van der Waals surface area contributed by atoms with Gasteiger partial charge in [-0.3, -0.25) is 4.57 Å². The number of nitrogens with zero attached hydrogens (tertiary/aromatic N) is 4. The van der Waals surface area contributed by atoms with Crippen LogP contribution >= 0.6 is 0 Å². The highest BCUT2D eigenvalue weighted by molar-refractivity contribution is 5.38. The number of aryl methyl sites for hydroxylation is 2. The number of anilines is 1. The minimum absolute atomic E-state index is 0.480. The van der Waals surface area contributed by atoms with Crippen LogP contribution in [-0.2, 0) is 6.42 Å². The lowest BCUT2D eigenvalue weighted by Crippen LogP contribution is -2.05. The third-order valence-electron chi connectivity index (χ3n) is 2.12. The van der Waals surface area contributed by atoms with Crippen LogP contribution in [-0.4, -0.2) is 19.5 Å². The van der Waals surface area contributed by atoms with Crippen molar-refractivity contribution in [3.05, 3.63) is 30.1 Å². The van der Waals surface area contributed by atoms with Gasteiger partial charge in [0.15, 0.2) is 0 Å². The summed E-state index contributed by atoms with van der Waals surface area (Å²) in [6.45, 7) is 3.87. The molecule has 0 unspecified atom stereocenters. The second-order valence-electron chi connectivity index (χ2n) is 3.27. The SMILES string of the molecule is CCc1nccn1-c1cc(N)nc(C)n1. The van der Waals surface area contributed by atoms with Crippen molar-refractivity contribution in [2.24, 2.45) is 0 Å². The lowest BCUT2D eigenvalue weighted by Gasteiger charge is -2.06. The molecule has 0 fully saturated rings. The maximum atomic E-state index is 5.67. The first-order valence-corrected chi connectivity index (χ1v) is 4.84. The molecule has 0 amide bonds. The van der Waals surface area contributed by atoms with Gasteiger partial charge in [-0.15, -0.1) is 0 Å². The first-order chi connectivity index (χ1) is 7.20. The van der Waals surface area contributed by atoms with E-state index >= 15 is 0 Å². The number of nitrogens with two attached hydrogens (primary N) is 1. The normalized spacial score (nSPS) is 10.5. The molecule has 0 atom stereocenters. The number of imidazole rings is 1. The van der Waals surface area contributed by atoms with Gasteiger partial charge in [-0.05, 0) is 6.92 Å². The molecule has 0 aliphatic rings. The highest BCUT2D eigenvalue weighted by Gasteiger charge is 2.05. The third kappa shape index (κ3) is 1.81. The van der Waals surface area contributed by atoms with Crippen molar-refractivity contribution in [3.63, 3.8) is 0 Å². The van der Waals surface area contributed by atoms with E-state index in [2.05, 4.69) is 21.9 Å². The van der Waals surface area contributed by atoms with Crippen LogP contribution in [0.4, 0.5) is 5.82 Å². The fourth-order valence-corrected chi connectivity index (χ4v) is 1.50. The highest BCUT2D eigenvalue weighted by atomic mass is 15.1. The molecule has 15 heavy (non-hydrogen) atoms. The number of hydrogen-bond acceptors (Lipinski definition) is 4. The van der Waals surface area contributed by atoms with Crippen LogP contribution in [0.3, 0.4) is 0 Å². The fourth-order valence-electron chi connectivity index (χ4n) is 1.50. The largest absolute Gasteiger partial charge is 0.384 e. The van der Waals surface area contributed by atoms with E-state index in [9.17, 15) is 0 Å². The summed E-state index contributed by atoms with van der Waals surface area (Å²) < 4.78 is 1.92. The Balaban J connectivity index is 2.53. The molecule has 0 bridgehead atoms. The predicted molar refractivity (Wildman–Crippen MR) is 57.7 cm³/mol. The van der Waals surface area contributed by atoms with E-state index in [0.717, 1.165) is 18.1 Å². The average molecular weight is 203 g/mol. The molecule has 2 heterocycles. The Bertz CT molecular complexity index is 454. The maximum Gasteiger partial charge on any atom is 0.143 e. The minimum atomic E-state index is 0.480. The summed E-state index contributed by atoms with van der Waals surface area (Å²) in [5.41, 5.74) is 5.67. The molecule has 5 heteroatoms. The molecule has 0 aromatic carbocycles. The Kier molecular flexibility index (Phi) is 2.37. The van der Waals surface area contributed by atoms with Crippen LogP contribution in [0.2, 0.25) is 0 Å². The summed E-state index contributed by atoms with van der Waals surface area (Å²) in [6, 6.07) is 1.74. The van der Waals surface area contributed by atoms with Crippen molar-refractivity contribution in [2.75, 3.05) is 5.73 Å². The average Bonchev–Trinajstić information content (AvgIpc) is 2.63. The Morgan fingerprint density at radius 3 is 2.87 bits per heavy atom. The minimum Gasteiger partial charge on any atom is -0.384 e. The quantitative estimate of drug-likeness (QED) is 0.793. The molecule has 0 aliphatic heterocycles. The summed E-state index contributed by atoms with van der Waals surface area (Å²) in [6.07, 6.45) is 4.49. The molecule has 0 spiro atoms. The smallest absolute Gasteiger partial charge is 0.143 e.